The maximum Gasteiger partial charge on any atom is 0.243 e. The second-order valence-electron chi connectivity index (χ2n) is 10.7. The summed E-state index contributed by atoms with van der Waals surface area (Å²) < 4.78 is 0. The molecule has 5 rings (SSSR count). The molecule has 3 fully saturated rings. The minimum absolute atomic E-state index is 0.0560. The van der Waals surface area contributed by atoms with Crippen LogP contribution in [0, 0.1) is 41.4 Å². The number of amides is 2. The van der Waals surface area contributed by atoms with Crippen LogP contribution in [0.4, 0.5) is 5.69 Å². The van der Waals surface area contributed by atoms with Gasteiger partial charge in [-0.1, -0.05) is 37.6 Å². The highest BCUT2D eigenvalue weighted by Crippen LogP contribution is 2.65. The van der Waals surface area contributed by atoms with Crippen LogP contribution in [0.5, 0.6) is 0 Å². The molecule has 4 aliphatic rings. The molecule has 3 aliphatic carbocycles. The monoisotopic (exact) mass is 406 g/mol. The average molecular weight is 407 g/mol. The van der Waals surface area contributed by atoms with Crippen LogP contribution in [0.3, 0.4) is 0 Å². The Morgan fingerprint density at radius 2 is 1.80 bits per heavy atom. The van der Waals surface area contributed by atoms with E-state index in [1.54, 1.807) is 6.08 Å². The molecule has 0 bridgehead atoms. The fourth-order valence-corrected chi connectivity index (χ4v) is 7.63. The zero-order valence-electron chi connectivity index (χ0n) is 18.4. The summed E-state index contributed by atoms with van der Waals surface area (Å²) in [6.07, 6.45) is 10.6. The zero-order chi connectivity index (χ0) is 21.1. The molecule has 3 saturated carbocycles. The van der Waals surface area contributed by atoms with Crippen molar-refractivity contribution in [3.8, 4) is 0 Å². The van der Waals surface area contributed by atoms with Crippen LogP contribution >= 0.6 is 0 Å². The fraction of sp³-hybridized carbons (Fsp3) is 0.615. The normalized spacial score (nSPS) is 42.0. The first-order valence-corrected chi connectivity index (χ1v) is 11.7. The Labute approximate surface area is 179 Å². The molecule has 0 radical (unpaired) electrons. The summed E-state index contributed by atoms with van der Waals surface area (Å²) in [5, 5.41) is 6.43. The zero-order valence-corrected chi connectivity index (χ0v) is 18.4. The Balaban J connectivity index is 1.36. The van der Waals surface area contributed by atoms with Crippen molar-refractivity contribution >= 4 is 17.5 Å². The third-order valence-electron chi connectivity index (χ3n) is 9.32. The van der Waals surface area contributed by atoms with Gasteiger partial charge in [0.05, 0.1) is 0 Å². The van der Waals surface area contributed by atoms with Crippen LogP contribution < -0.4 is 10.6 Å². The molecule has 1 aliphatic heterocycles. The average Bonchev–Trinajstić information content (AvgIpc) is 3.07. The number of fused-ring (bicyclic) bond motifs is 5. The molecule has 1 aromatic carbocycles. The van der Waals surface area contributed by atoms with E-state index < -0.39 is 0 Å². The van der Waals surface area contributed by atoms with Crippen molar-refractivity contribution in [1.82, 2.24) is 5.32 Å². The maximum absolute atomic E-state index is 13.3. The van der Waals surface area contributed by atoms with Gasteiger partial charge < -0.3 is 10.6 Å². The predicted octanol–water partition coefficient (Wildman–Crippen LogP) is 4.85. The quantitative estimate of drug-likeness (QED) is 0.738. The van der Waals surface area contributed by atoms with Crippen molar-refractivity contribution < 1.29 is 9.59 Å². The molecular formula is C26H34N2O2. The third kappa shape index (κ3) is 2.94. The SMILES string of the molecule is Cc1ccc(NC(=O)C2CCC3C4CCC5NC(=O)C=C[C@]5(C)C4CC[C@]23C)cc1. The van der Waals surface area contributed by atoms with E-state index in [9.17, 15) is 9.59 Å². The topological polar surface area (TPSA) is 58.2 Å². The minimum atomic E-state index is 0.0560. The molecular weight excluding hydrogens is 372 g/mol. The van der Waals surface area contributed by atoms with E-state index in [-0.39, 0.29) is 34.6 Å². The van der Waals surface area contributed by atoms with Crippen LogP contribution in [0.2, 0.25) is 0 Å². The van der Waals surface area contributed by atoms with Gasteiger partial charge in [-0.15, -0.1) is 0 Å². The highest BCUT2D eigenvalue weighted by atomic mass is 16.2. The van der Waals surface area contributed by atoms with Gasteiger partial charge in [0, 0.05) is 23.1 Å². The minimum Gasteiger partial charge on any atom is -0.349 e. The number of carbonyl (C=O) groups excluding carboxylic acids is 2. The molecule has 4 heteroatoms. The molecule has 0 spiro atoms. The smallest absolute Gasteiger partial charge is 0.243 e. The van der Waals surface area contributed by atoms with Gasteiger partial charge in [-0.2, -0.15) is 0 Å². The first-order valence-electron chi connectivity index (χ1n) is 11.7. The van der Waals surface area contributed by atoms with Crippen LogP contribution in [-0.2, 0) is 9.59 Å². The first-order chi connectivity index (χ1) is 14.3. The van der Waals surface area contributed by atoms with E-state index in [1.807, 2.05) is 12.1 Å². The number of aryl methyl sites for hydroxylation is 1. The lowest BCUT2D eigenvalue weighted by molar-refractivity contribution is -0.129. The van der Waals surface area contributed by atoms with Gasteiger partial charge in [0.2, 0.25) is 11.8 Å². The van der Waals surface area contributed by atoms with Gasteiger partial charge in [0.1, 0.15) is 0 Å². The summed E-state index contributed by atoms with van der Waals surface area (Å²) in [6, 6.07) is 8.38. The van der Waals surface area contributed by atoms with Crippen LogP contribution in [0.1, 0.15) is 57.9 Å². The molecule has 0 aromatic heterocycles. The van der Waals surface area contributed by atoms with Gasteiger partial charge >= 0.3 is 0 Å². The highest BCUT2D eigenvalue weighted by Gasteiger charge is 2.60. The van der Waals surface area contributed by atoms with Crippen molar-refractivity contribution in [2.24, 2.45) is 34.5 Å². The Morgan fingerprint density at radius 3 is 2.57 bits per heavy atom. The lowest BCUT2D eigenvalue weighted by Gasteiger charge is -2.58. The number of hydrogen-bond acceptors (Lipinski definition) is 2. The summed E-state index contributed by atoms with van der Waals surface area (Å²) in [5.41, 5.74) is 2.25. The number of benzene rings is 1. The van der Waals surface area contributed by atoms with Gasteiger partial charge in [-0.05, 0) is 86.8 Å². The Bertz CT molecular complexity index is 891. The molecule has 5 unspecified atom stereocenters. The number of anilines is 1. The predicted molar refractivity (Wildman–Crippen MR) is 119 cm³/mol. The van der Waals surface area contributed by atoms with Crippen molar-refractivity contribution in [2.75, 3.05) is 5.32 Å². The van der Waals surface area contributed by atoms with E-state index in [1.165, 1.54) is 12.0 Å². The summed E-state index contributed by atoms with van der Waals surface area (Å²) in [7, 11) is 0. The molecule has 1 heterocycles. The Hall–Kier alpha value is -2.10. The second-order valence-corrected chi connectivity index (χ2v) is 10.7. The number of nitrogens with one attached hydrogen (secondary N) is 2. The van der Waals surface area contributed by atoms with Crippen LogP contribution in [0.15, 0.2) is 36.4 Å². The molecule has 2 N–H and O–H groups in total. The van der Waals surface area contributed by atoms with Crippen molar-refractivity contribution in [3.63, 3.8) is 0 Å². The molecule has 1 aromatic rings. The van der Waals surface area contributed by atoms with E-state index in [0.29, 0.717) is 17.8 Å². The van der Waals surface area contributed by atoms with E-state index >= 15 is 0 Å². The van der Waals surface area contributed by atoms with Gasteiger partial charge in [-0.25, -0.2) is 0 Å². The molecule has 4 nitrogen and oxygen atoms in total. The lowest BCUT2D eigenvalue weighted by Crippen LogP contribution is -2.59. The van der Waals surface area contributed by atoms with Crippen molar-refractivity contribution in [2.45, 2.75) is 65.3 Å². The summed E-state index contributed by atoms with van der Waals surface area (Å²) in [5.74, 6) is 2.22. The highest BCUT2D eigenvalue weighted by molar-refractivity contribution is 5.93. The van der Waals surface area contributed by atoms with Gasteiger partial charge in [0.15, 0.2) is 0 Å². The second kappa shape index (κ2) is 6.96. The third-order valence-corrected chi connectivity index (χ3v) is 9.32. The summed E-state index contributed by atoms with van der Waals surface area (Å²) in [4.78, 5) is 25.2. The largest absolute Gasteiger partial charge is 0.349 e. The maximum atomic E-state index is 13.3. The molecule has 160 valence electrons. The Kier molecular flexibility index (Phi) is 4.61. The Morgan fingerprint density at radius 1 is 1.03 bits per heavy atom. The van der Waals surface area contributed by atoms with Crippen molar-refractivity contribution in [1.29, 1.82) is 0 Å². The molecule has 0 saturated heterocycles. The standard InChI is InChI=1S/C26H34N2O2/c1-16-4-6-17(7-5-16)27-24(30)21-10-9-19-18-8-11-22-26(3,15-13-23(29)28-22)20(18)12-14-25(19,21)2/h4-7,13,15,18-22H,8-12,14H2,1-3H3,(H,27,30)(H,28,29)/t18?,19?,20?,21?,22?,25-,26+/m0/s1. The van der Waals surface area contributed by atoms with E-state index in [2.05, 4.69) is 49.6 Å². The summed E-state index contributed by atoms with van der Waals surface area (Å²) >= 11 is 0. The number of carbonyl (C=O) groups is 2. The molecule has 30 heavy (non-hydrogen) atoms. The number of hydrogen-bond donors (Lipinski definition) is 2. The van der Waals surface area contributed by atoms with Gasteiger partial charge in [-0.3, -0.25) is 9.59 Å². The lowest BCUT2D eigenvalue weighted by atomic mass is 9.48. The van der Waals surface area contributed by atoms with Gasteiger partial charge in [0.25, 0.3) is 0 Å². The fourth-order valence-electron chi connectivity index (χ4n) is 7.63. The van der Waals surface area contributed by atoms with Crippen molar-refractivity contribution in [3.05, 3.63) is 42.0 Å². The van der Waals surface area contributed by atoms with E-state index in [4.69, 9.17) is 0 Å². The van der Waals surface area contributed by atoms with Crippen LogP contribution in [0.25, 0.3) is 0 Å². The molecule has 7 atom stereocenters. The molecule has 2 amide bonds. The van der Waals surface area contributed by atoms with E-state index in [0.717, 1.165) is 37.8 Å². The van der Waals surface area contributed by atoms with Crippen LogP contribution in [-0.4, -0.2) is 17.9 Å². The first kappa shape index (κ1) is 19.8. The number of rotatable bonds is 2. The summed E-state index contributed by atoms with van der Waals surface area (Å²) in [6.45, 7) is 6.80.